The topological polar surface area (TPSA) is 54.5 Å². The summed E-state index contributed by atoms with van der Waals surface area (Å²) in [6, 6.07) is 6.70. The number of nitrogens with zero attached hydrogens (tertiary/aromatic N) is 1. The Hall–Kier alpha value is -1.97. The molecule has 1 aromatic carbocycles. The van der Waals surface area contributed by atoms with E-state index in [1.165, 1.54) is 0 Å². The molecule has 0 spiro atoms. The van der Waals surface area contributed by atoms with E-state index in [2.05, 4.69) is 0 Å². The Kier molecular flexibility index (Phi) is 3.28. The van der Waals surface area contributed by atoms with E-state index in [1.54, 1.807) is 24.3 Å². The predicted octanol–water partition coefficient (Wildman–Crippen LogP) is 2.18. The third kappa shape index (κ3) is 2.18. The summed E-state index contributed by atoms with van der Waals surface area (Å²) in [4.78, 5) is 36.3. The number of amides is 2. The van der Waals surface area contributed by atoms with Crippen LogP contribution in [-0.2, 0) is 9.59 Å². The molecule has 0 N–H and O–H groups in total. The third-order valence-corrected chi connectivity index (χ3v) is 2.96. The molecule has 18 heavy (non-hydrogen) atoms. The second kappa shape index (κ2) is 4.72. The number of hydrogen-bond donors (Lipinski definition) is 0. The van der Waals surface area contributed by atoms with Gasteiger partial charge in [0, 0.05) is 24.3 Å². The van der Waals surface area contributed by atoms with E-state index in [-0.39, 0.29) is 36.4 Å². The van der Waals surface area contributed by atoms with Gasteiger partial charge < -0.3 is 0 Å². The van der Waals surface area contributed by atoms with Gasteiger partial charge in [0.2, 0.25) is 11.8 Å². The van der Waals surface area contributed by atoms with Gasteiger partial charge >= 0.3 is 0 Å². The maximum atomic E-state index is 11.9. The van der Waals surface area contributed by atoms with Crippen molar-refractivity contribution in [2.24, 2.45) is 5.92 Å². The minimum Gasteiger partial charge on any atom is -0.294 e. The van der Waals surface area contributed by atoms with Gasteiger partial charge in [-0.05, 0) is 12.1 Å². The zero-order chi connectivity index (χ0) is 13.3. The van der Waals surface area contributed by atoms with Crippen molar-refractivity contribution in [3.05, 3.63) is 29.8 Å². The molecule has 2 amide bonds. The number of benzene rings is 1. The number of imide groups is 1. The fourth-order valence-electron chi connectivity index (χ4n) is 2.00. The standard InChI is InChI=1S/C14H15NO3/c1-9(2)14(18)10-4-3-5-11(8-10)15-12(16)6-7-13(15)17/h3-5,8-9H,6-7H2,1-2H3. The second-order valence-corrected chi connectivity index (χ2v) is 4.69. The van der Waals surface area contributed by atoms with Crippen molar-refractivity contribution in [3.63, 3.8) is 0 Å². The van der Waals surface area contributed by atoms with Crippen molar-refractivity contribution in [3.8, 4) is 0 Å². The van der Waals surface area contributed by atoms with Crippen LogP contribution < -0.4 is 4.90 Å². The Morgan fingerprint density at radius 2 is 1.78 bits per heavy atom. The number of ketones is 1. The highest BCUT2D eigenvalue weighted by molar-refractivity contribution is 6.20. The normalized spacial score (nSPS) is 15.6. The van der Waals surface area contributed by atoms with Crippen LogP contribution in [0.15, 0.2) is 24.3 Å². The van der Waals surface area contributed by atoms with Crippen molar-refractivity contribution in [1.82, 2.24) is 0 Å². The molecule has 0 aromatic heterocycles. The molecular weight excluding hydrogens is 230 g/mol. The van der Waals surface area contributed by atoms with Gasteiger partial charge in [-0.2, -0.15) is 0 Å². The zero-order valence-electron chi connectivity index (χ0n) is 10.5. The minimum absolute atomic E-state index is 0.0101. The fourth-order valence-corrected chi connectivity index (χ4v) is 2.00. The molecule has 4 nitrogen and oxygen atoms in total. The largest absolute Gasteiger partial charge is 0.294 e. The summed E-state index contributed by atoms with van der Waals surface area (Å²) in [5, 5.41) is 0. The van der Waals surface area contributed by atoms with Crippen LogP contribution >= 0.6 is 0 Å². The molecule has 0 unspecified atom stereocenters. The molecular formula is C14H15NO3. The lowest BCUT2D eigenvalue weighted by atomic mass is 10.0. The van der Waals surface area contributed by atoms with Crippen LogP contribution in [0.4, 0.5) is 5.69 Å². The summed E-state index contributed by atoms with van der Waals surface area (Å²) >= 11 is 0. The molecule has 0 radical (unpaired) electrons. The molecule has 1 aliphatic rings. The van der Waals surface area contributed by atoms with E-state index in [4.69, 9.17) is 0 Å². The number of hydrogen-bond acceptors (Lipinski definition) is 3. The van der Waals surface area contributed by atoms with Gasteiger partial charge in [-0.1, -0.05) is 26.0 Å². The average molecular weight is 245 g/mol. The zero-order valence-corrected chi connectivity index (χ0v) is 10.5. The lowest BCUT2D eigenvalue weighted by Crippen LogP contribution is -2.28. The average Bonchev–Trinajstić information content (AvgIpc) is 2.68. The van der Waals surface area contributed by atoms with Crippen molar-refractivity contribution in [1.29, 1.82) is 0 Å². The molecule has 1 aliphatic heterocycles. The summed E-state index contributed by atoms with van der Waals surface area (Å²) in [7, 11) is 0. The first-order valence-corrected chi connectivity index (χ1v) is 6.01. The maximum Gasteiger partial charge on any atom is 0.234 e. The molecule has 0 bridgehead atoms. The van der Waals surface area contributed by atoms with Gasteiger partial charge in [-0.25, -0.2) is 0 Å². The van der Waals surface area contributed by atoms with E-state index in [0.717, 1.165) is 4.90 Å². The molecule has 94 valence electrons. The first-order valence-electron chi connectivity index (χ1n) is 6.01. The molecule has 0 saturated carbocycles. The van der Waals surface area contributed by atoms with Crippen molar-refractivity contribution in [2.45, 2.75) is 26.7 Å². The van der Waals surface area contributed by atoms with Crippen LogP contribution in [0.3, 0.4) is 0 Å². The van der Waals surface area contributed by atoms with Crippen LogP contribution in [-0.4, -0.2) is 17.6 Å². The number of carbonyl (C=O) groups excluding carboxylic acids is 3. The lowest BCUT2D eigenvalue weighted by molar-refractivity contribution is -0.121. The summed E-state index contributed by atoms with van der Waals surface area (Å²) < 4.78 is 0. The van der Waals surface area contributed by atoms with E-state index >= 15 is 0 Å². The summed E-state index contributed by atoms with van der Waals surface area (Å²) in [5.41, 5.74) is 1.03. The van der Waals surface area contributed by atoms with Crippen LogP contribution in [0.5, 0.6) is 0 Å². The van der Waals surface area contributed by atoms with E-state index in [1.807, 2.05) is 13.8 Å². The summed E-state index contributed by atoms with van der Waals surface area (Å²) in [6.07, 6.45) is 0.502. The van der Waals surface area contributed by atoms with Gasteiger partial charge in [-0.15, -0.1) is 0 Å². The van der Waals surface area contributed by atoms with Crippen LogP contribution in [0.2, 0.25) is 0 Å². The molecule has 1 heterocycles. The van der Waals surface area contributed by atoms with Crippen molar-refractivity contribution >= 4 is 23.3 Å². The smallest absolute Gasteiger partial charge is 0.234 e. The highest BCUT2D eigenvalue weighted by Gasteiger charge is 2.30. The van der Waals surface area contributed by atoms with Crippen LogP contribution in [0, 0.1) is 5.92 Å². The van der Waals surface area contributed by atoms with E-state index in [0.29, 0.717) is 11.3 Å². The van der Waals surface area contributed by atoms with Crippen LogP contribution in [0.1, 0.15) is 37.0 Å². The quantitative estimate of drug-likeness (QED) is 0.605. The van der Waals surface area contributed by atoms with E-state index < -0.39 is 0 Å². The molecule has 0 atom stereocenters. The number of anilines is 1. The minimum atomic E-state index is -0.200. The number of Topliss-reactive ketones (excluding diaryl/α,β-unsaturated/α-hetero) is 1. The Morgan fingerprint density at radius 3 is 2.33 bits per heavy atom. The van der Waals surface area contributed by atoms with Crippen molar-refractivity contribution in [2.75, 3.05) is 4.90 Å². The lowest BCUT2D eigenvalue weighted by Gasteiger charge is -2.15. The Labute approximate surface area is 106 Å². The summed E-state index contributed by atoms with van der Waals surface area (Å²) in [5.74, 6) is -0.496. The maximum absolute atomic E-state index is 11.9. The first-order chi connectivity index (χ1) is 8.50. The Bertz CT molecular complexity index is 504. The third-order valence-electron chi connectivity index (χ3n) is 2.96. The Morgan fingerprint density at radius 1 is 1.17 bits per heavy atom. The number of rotatable bonds is 3. The SMILES string of the molecule is CC(C)C(=O)c1cccc(N2C(=O)CCC2=O)c1. The van der Waals surface area contributed by atoms with Gasteiger partial charge in [-0.3, -0.25) is 19.3 Å². The first kappa shape index (κ1) is 12.5. The van der Waals surface area contributed by atoms with Crippen LogP contribution in [0.25, 0.3) is 0 Å². The monoisotopic (exact) mass is 245 g/mol. The highest BCUT2D eigenvalue weighted by atomic mass is 16.2. The molecule has 2 rings (SSSR count). The Balaban J connectivity index is 2.36. The van der Waals surface area contributed by atoms with Gasteiger partial charge in [0.15, 0.2) is 5.78 Å². The number of carbonyl (C=O) groups is 3. The molecule has 0 aliphatic carbocycles. The molecule has 4 heteroatoms. The predicted molar refractivity (Wildman–Crippen MR) is 67.3 cm³/mol. The van der Waals surface area contributed by atoms with Gasteiger partial charge in [0.1, 0.15) is 0 Å². The van der Waals surface area contributed by atoms with E-state index in [9.17, 15) is 14.4 Å². The van der Waals surface area contributed by atoms with Gasteiger partial charge in [0.25, 0.3) is 0 Å². The molecule has 1 saturated heterocycles. The second-order valence-electron chi connectivity index (χ2n) is 4.69. The summed E-state index contributed by atoms with van der Waals surface area (Å²) in [6.45, 7) is 3.64. The molecule has 1 aromatic rings. The van der Waals surface area contributed by atoms with Gasteiger partial charge in [0.05, 0.1) is 5.69 Å². The molecule has 1 fully saturated rings. The fraction of sp³-hybridized carbons (Fsp3) is 0.357. The van der Waals surface area contributed by atoms with Crippen molar-refractivity contribution < 1.29 is 14.4 Å². The highest BCUT2D eigenvalue weighted by Crippen LogP contribution is 2.24.